The number of anilines is 1. The number of piperazine rings is 1. The number of hydrogen-bond acceptors (Lipinski definition) is 4. The molecule has 3 rings (SSSR count). The van der Waals surface area contributed by atoms with Gasteiger partial charge in [-0.3, -0.25) is 14.5 Å². The predicted octanol–water partition coefficient (Wildman–Crippen LogP) is 1.61. The summed E-state index contributed by atoms with van der Waals surface area (Å²) in [4.78, 5) is 30.8. The van der Waals surface area contributed by atoms with E-state index in [1.165, 1.54) is 4.90 Å². The molecule has 1 atom stereocenters. The number of carbonyl (C=O) groups excluding carboxylic acids is 2. The molecule has 0 aliphatic carbocycles. The second-order valence-electron chi connectivity index (χ2n) is 5.71. The Bertz CT molecular complexity index is 585. The molecule has 0 unspecified atom stereocenters. The first-order valence-corrected chi connectivity index (χ1v) is 8.07. The first-order chi connectivity index (χ1) is 10.6. The topological polar surface area (TPSA) is 43.9 Å². The number of likely N-dealkylation sites (N-methyl/N-ethyl adjacent to an activating group) is 1. The number of halogens is 1. The van der Waals surface area contributed by atoms with E-state index in [9.17, 15) is 9.59 Å². The van der Waals surface area contributed by atoms with Crippen molar-refractivity contribution in [2.75, 3.05) is 37.6 Å². The maximum absolute atomic E-state index is 12.7. The fourth-order valence-corrected chi connectivity index (χ4v) is 3.40. The molecule has 5 nitrogen and oxygen atoms in total. The van der Waals surface area contributed by atoms with Gasteiger partial charge in [0, 0.05) is 26.2 Å². The Labute approximate surface area is 135 Å². The number of amides is 2. The van der Waals surface area contributed by atoms with Gasteiger partial charge in [-0.15, -0.1) is 0 Å². The van der Waals surface area contributed by atoms with Crippen molar-refractivity contribution in [1.82, 2.24) is 9.80 Å². The summed E-state index contributed by atoms with van der Waals surface area (Å²) in [5.74, 6) is -0.316. The highest BCUT2D eigenvalue weighted by Gasteiger charge is 2.43. The molecule has 2 fully saturated rings. The molecule has 2 aliphatic heterocycles. The van der Waals surface area contributed by atoms with E-state index in [-0.39, 0.29) is 24.3 Å². The Morgan fingerprint density at radius 3 is 2.45 bits per heavy atom. The Morgan fingerprint density at radius 2 is 1.82 bits per heavy atom. The quantitative estimate of drug-likeness (QED) is 0.793. The van der Waals surface area contributed by atoms with Gasteiger partial charge >= 0.3 is 0 Å². The van der Waals surface area contributed by atoms with Crippen molar-refractivity contribution >= 4 is 29.1 Å². The minimum atomic E-state index is -0.345. The van der Waals surface area contributed by atoms with Crippen molar-refractivity contribution in [3.8, 4) is 0 Å². The van der Waals surface area contributed by atoms with Gasteiger partial charge in [0.2, 0.25) is 5.91 Å². The fourth-order valence-electron chi connectivity index (χ4n) is 3.18. The van der Waals surface area contributed by atoms with Crippen LogP contribution in [0.4, 0.5) is 5.69 Å². The predicted molar refractivity (Wildman–Crippen MR) is 86.0 cm³/mol. The van der Waals surface area contributed by atoms with E-state index in [1.54, 1.807) is 24.3 Å². The number of rotatable bonds is 3. The lowest BCUT2D eigenvalue weighted by Gasteiger charge is -2.36. The van der Waals surface area contributed by atoms with E-state index < -0.39 is 0 Å². The van der Waals surface area contributed by atoms with Crippen LogP contribution in [0.15, 0.2) is 24.3 Å². The molecule has 0 saturated carbocycles. The highest BCUT2D eigenvalue weighted by molar-refractivity contribution is 6.36. The molecule has 0 bridgehead atoms. The zero-order valence-corrected chi connectivity index (χ0v) is 13.4. The molecule has 0 spiro atoms. The van der Waals surface area contributed by atoms with E-state index in [2.05, 4.69) is 16.7 Å². The van der Waals surface area contributed by atoms with E-state index in [0.29, 0.717) is 10.7 Å². The molecule has 0 N–H and O–H groups in total. The molecule has 1 aromatic carbocycles. The first-order valence-electron chi connectivity index (χ1n) is 7.69. The largest absolute Gasteiger partial charge is 0.301 e. The molecule has 0 radical (unpaired) electrons. The monoisotopic (exact) mass is 321 g/mol. The molecular weight excluding hydrogens is 302 g/mol. The highest BCUT2D eigenvalue weighted by atomic mass is 35.5. The summed E-state index contributed by atoms with van der Waals surface area (Å²) >= 11 is 6.14. The second-order valence-corrected chi connectivity index (χ2v) is 6.12. The van der Waals surface area contributed by atoms with E-state index in [0.717, 1.165) is 32.7 Å². The van der Waals surface area contributed by atoms with Gasteiger partial charge in [-0.2, -0.15) is 0 Å². The Morgan fingerprint density at radius 1 is 1.14 bits per heavy atom. The maximum atomic E-state index is 12.7. The van der Waals surface area contributed by atoms with Gasteiger partial charge in [0.25, 0.3) is 5.91 Å². The SMILES string of the molecule is CCN1CCN([C@H]2CC(=O)N(c3ccccc3Cl)C2=O)CC1. The smallest absolute Gasteiger partial charge is 0.251 e. The van der Waals surface area contributed by atoms with Crippen LogP contribution < -0.4 is 4.90 Å². The summed E-state index contributed by atoms with van der Waals surface area (Å²) in [5.41, 5.74) is 0.494. The van der Waals surface area contributed by atoms with Gasteiger partial charge in [0.1, 0.15) is 0 Å². The summed E-state index contributed by atoms with van der Waals surface area (Å²) < 4.78 is 0. The van der Waals surface area contributed by atoms with Crippen molar-refractivity contribution in [1.29, 1.82) is 0 Å². The van der Waals surface area contributed by atoms with Crippen molar-refractivity contribution in [2.45, 2.75) is 19.4 Å². The normalized spacial score (nSPS) is 24.3. The van der Waals surface area contributed by atoms with Crippen molar-refractivity contribution in [3.05, 3.63) is 29.3 Å². The number of benzene rings is 1. The molecule has 118 valence electrons. The van der Waals surface area contributed by atoms with Crippen LogP contribution in [0.2, 0.25) is 5.02 Å². The van der Waals surface area contributed by atoms with E-state index in [1.807, 2.05) is 0 Å². The lowest BCUT2D eigenvalue weighted by Crippen LogP contribution is -2.52. The molecule has 2 heterocycles. The van der Waals surface area contributed by atoms with Crippen LogP contribution in [0.25, 0.3) is 0 Å². The molecule has 2 amide bonds. The second kappa shape index (κ2) is 6.36. The van der Waals surface area contributed by atoms with Crippen LogP contribution in [0.3, 0.4) is 0 Å². The lowest BCUT2D eigenvalue weighted by molar-refractivity contribution is -0.123. The average Bonchev–Trinajstić information content (AvgIpc) is 2.83. The average molecular weight is 322 g/mol. The van der Waals surface area contributed by atoms with Crippen LogP contribution in [0, 0.1) is 0 Å². The van der Waals surface area contributed by atoms with Crippen LogP contribution in [-0.4, -0.2) is 60.4 Å². The molecule has 2 aliphatic rings. The number of nitrogens with zero attached hydrogens (tertiary/aromatic N) is 3. The Kier molecular flexibility index (Phi) is 4.47. The first kappa shape index (κ1) is 15.5. The van der Waals surface area contributed by atoms with Crippen LogP contribution in [-0.2, 0) is 9.59 Å². The third kappa shape index (κ3) is 2.76. The van der Waals surface area contributed by atoms with Crippen molar-refractivity contribution in [2.24, 2.45) is 0 Å². The number of carbonyl (C=O) groups is 2. The van der Waals surface area contributed by atoms with E-state index in [4.69, 9.17) is 11.6 Å². The van der Waals surface area contributed by atoms with Gasteiger partial charge < -0.3 is 4.90 Å². The number of hydrogen-bond donors (Lipinski definition) is 0. The van der Waals surface area contributed by atoms with E-state index >= 15 is 0 Å². The molecule has 0 aromatic heterocycles. The van der Waals surface area contributed by atoms with Crippen molar-refractivity contribution < 1.29 is 9.59 Å². The molecular formula is C16H20ClN3O2. The summed E-state index contributed by atoms with van der Waals surface area (Å²) in [6, 6.07) is 6.65. The van der Waals surface area contributed by atoms with Gasteiger partial charge in [-0.1, -0.05) is 30.7 Å². The van der Waals surface area contributed by atoms with Gasteiger partial charge in [-0.25, -0.2) is 4.90 Å². The maximum Gasteiger partial charge on any atom is 0.251 e. The van der Waals surface area contributed by atoms with Crippen LogP contribution in [0.1, 0.15) is 13.3 Å². The van der Waals surface area contributed by atoms with Gasteiger partial charge in [-0.05, 0) is 18.7 Å². The molecule has 22 heavy (non-hydrogen) atoms. The molecule has 2 saturated heterocycles. The fraction of sp³-hybridized carbons (Fsp3) is 0.500. The minimum Gasteiger partial charge on any atom is -0.301 e. The number of imide groups is 1. The summed E-state index contributed by atoms with van der Waals surface area (Å²) in [5, 5.41) is 0.431. The summed E-state index contributed by atoms with van der Waals surface area (Å²) in [6.07, 6.45) is 0.246. The third-order valence-electron chi connectivity index (χ3n) is 4.51. The third-order valence-corrected chi connectivity index (χ3v) is 4.83. The lowest BCUT2D eigenvalue weighted by atomic mass is 10.1. The number of para-hydroxylation sites is 1. The van der Waals surface area contributed by atoms with Gasteiger partial charge in [0.05, 0.1) is 23.2 Å². The minimum absolute atomic E-state index is 0.150. The summed E-state index contributed by atoms with van der Waals surface area (Å²) in [7, 11) is 0. The van der Waals surface area contributed by atoms with Crippen LogP contribution in [0.5, 0.6) is 0 Å². The Hall–Kier alpha value is -1.43. The van der Waals surface area contributed by atoms with Crippen LogP contribution >= 0.6 is 11.6 Å². The zero-order valence-electron chi connectivity index (χ0n) is 12.7. The highest BCUT2D eigenvalue weighted by Crippen LogP contribution is 2.31. The zero-order chi connectivity index (χ0) is 15.7. The van der Waals surface area contributed by atoms with Crippen molar-refractivity contribution in [3.63, 3.8) is 0 Å². The molecule has 1 aromatic rings. The summed E-state index contributed by atoms with van der Waals surface area (Å²) in [6.45, 7) is 6.71. The standard InChI is InChI=1S/C16H20ClN3O2/c1-2-18-7-9-19(10-8-18)14-11-15(21)20(16(14)22)13-6-4-3-5-12(13)17/h3-6,14H,2,7-11H2,1H3/t14-/m0/s1. The molecule has 6 heteroatoms. The Balaban J connectivity index is 1.76. The van der Waals surface area contributed by atoms with Gasteiger partial charge in [0.15, 0.2) is 0 Å².